The van der Waals surface area contributed by atoms with Crippen molar-refractivity contribution < 1.29 is 9.21 Å². The Hall–Kier alpha value is -3.92. The number of primary amides is 1. The smallest absolute Gasteiger partial charge is 0.268 e. The van der Waals surface area contributed by atoms with E-state index in [0.29, 0.717) is 22.7 Å². The van der Waals surface area contributed by atoms with Crippen LogP contribution in [0.25, 0.3) is 22.4 Å². The first kappa shape index (κ1) is 19.4. The van der Waals surface area contributed by atoms with Crippen LogP contribution in [0.2, 0.25) is 0 Å². The molecule has 7 nitrogen and oxygen atoms in total. The molecule has 30 heavy (non-hydrogen) atoms. The average molecular weight is 399 g/mol. The minimum atomic E-state index is -0.589. The molecule has 0 atom stereocenters. The largest absolute Gasteiger partial charge is 0.444 e. The van der Waals surface area contributed by atoms with Gasteiger partial charge in [0.15, 0.2) is 5.82 Å². The highest BCUT2D eigenvalue weighted by molar-refractivity contribution is 6.03. The molecular formula is C23H21N5O2. The third-order valence-electron chi connectivity index (χ3n) is 4.75. The molecule has 0 fully saturated rings. The van der Waals surface area contributed by atoms with Crippen LogP contribution in [0.1, 0.15) is 41.6 Å². The first-order valence-corrected chi connectivity index (χ1v) is 9.44. The Labute approximate surface area is 174 Å². The van der Waals surface area contributed by atoms with Gasteiger partial charge in [0.1, 0.15) is 22.5 Å². The number of aryl methyl sites for hydroxylation is 2. The van der Waals surface area contributed by atoms with Crippen LogP contribution in [-0.4, -0.2) is 25.4 Å². The zero-order valence-corrected chi connectivity index (χ0v) is 17.2. The van der Waals surface area contributed by atoms with E-state index in [0.717, 1.165) is 16.9 Å². The zero-order valence-electron chi connectivity index (χ0n) is 17.2. The predicted molar refractivity (Wildman–Crippen MR) is 114 cm³/mol. The second-order valence-electron chi connectivity index (χ2n) is 7.66. The van der Waals surface area contributed by atoms with E-state index in [-0.39, 0.29) is 5.69 Å². The number of oxazole rings is 1. The Kier molecular flexibility index (Phi) is 4.63. The van der Waals surface area contributed by atoms with Crippen molar-refractivity contribution in [2.24, 2.45) is 12.8 Å². The Morgan fingerprint density at radius 3 is 2.73 bits per heavy atom. The van der Waals surface area contributed by atoms with Crippen molar-refractivity contribution in [3.63, 3.8) is 0 Å². The summed E-state index contributed by atoms with van der Waals surface area (Å²) in [5.41, 5.74) is 7.39. The molecule has 0 radical (unpaired) electrons. The van der Waals surface area contributed by atoms with Crippen molar-refractivity contribution in [1.29, 1.82) is 0 Å². The molecule has 1 amide bonds. The zero-order chi connectivity index (χ0) is 21.5. The number of rotatable bonds is 3. The maximum atomic E-state index is 11.9. The highest BCUT2D eigenvalue weighted by atomic mass is 16.4. The van der Waals surface area contributed by atoms with Gasteiger partial charge in [-0.15, -0.1) is 0 Å². The highest BCUT2D eigenvalue weighted by Gasteiger charge is 2.23. The van der Waals surface area contributed by atoms with Crippen LogP contribution in [0.15, 0.2) is 47.1 Å². The van der Waals surface area contributed by atoms with Gasteiger partial charge in [-0.2, -0.15) is 0 Å². The van der Waals surface area contributed by atoms with Crippen LogP contribution in [0.4, 0.5) is 0 Å². The van der Waals surface area contributed by atoms with Crippen LogP contribution in [0.3, 0.4) is 0 Å². The van der Waals surface area contributed by atoms with Gasteiger partial charge in [-0.25, -0.2) is 15.0 Å². The average Bonchev–Trinajstić information content (AvgIpc) is 3.32. The molecule has 7 heteroatoms. The fraction of sp³-hybridized carbons (Fsp3) is 0.217. The molecule has 1 aromatic carbocycles. The maximum absolute atomic E-state index is 11.9. The molecule has 0 saturated heterocycles. The lowest BCUT2D eigenvalue weighted by molar-refractivity contribution is 0.0997. The normalized spacial score (nSPS) is 11.3. The van der Waals surface area contributed by atoms with E-state index in [2.05, 4.69) is 26.8 Å². The molecule has 0 unspecified atom stereocenters. The quantitative estimate of drug-likeness (QED) is 0.533. The van der Waals surface area contributed by atoms with Gasteiger partial charge in [0, 0.05) is 24.4 Å². The number of hydrogen-bond acceptors (Lipinski definition) is 5. The van der Waals surface area contributed by atoms with Crippen LogP contribution in [-0.2, 0) is 12.5 Å². The number of fused-ring (bicyclic) bond motifs is 1. The standard InChI is InChI=1S/C23H21N5O2/c1-14-13-25-22(30-14)23(2,3)10-8-15-6-5-7-16(12-15)20-26-18(19(24)29)17-9-11-28(4)21(17)27-20/h5-7,9,11-13H,1-4H3,(H2,24,29). The van der Waals surface area contributed by atoms with Crippen LogP contribution < -0.4 is 5.73 Å². The van der Waals surface area contributed by atoms with E-state index in [4.69, 9.17) is 10.2 Å². The van der Waals surface area contributed by atoms with Crippen molar-refractivity contribution >= 4 is 16.9 Å². The van der Waals surface area contributed by atoms with Crippen molar-refractivity contribution in [2.45, 2.75) is 26.2 Å². The van der Waals surface area contributed by atoms with Crippen molar-refractivity contribution in [3.8, 4) is 23.2 Å². The third kappa shape index (κ3) is 3.55. The number of amides is 1. The molecule has 3 heterocycles. The maximum Gasteiger partial charge on any atom is 0.268 e. The number of carbonyl (C=O) groups is 1. The minimum absolute atomic E-state index is 0.201. The van der Waals surface area contributed by atoms with Crippen LogP contribution in [0.5, 0.6) is 0 Å². The van der Waals surface area contributed by atoms with E-state index in [1.165, 1.54) is 0 Å². The van der Waals surface area contributed by atoms with Gasteiger partial charge in [-0.05, 0) is 39.0 Å². The summed E-state index contributed by atoms with van der Waals surface area (Å²) in [6.45, 7) is 5.77. The van der Waals surface area contributed by atoms with Gasteiger partial charge >= 0.3 is 0 Å². The van der Waals surface area contributed by atoms with Crippen molar-refractivity contribution in [1.82, 2.24) is 19.5 Å². The summed E-state index contributed by atoms with van der Waals surface area (Å²) >= 11 is 0. The van der Waals surface area contributed by atoms with Gasteiger partial charge in [-0.3, -0.25) is 4.79 Å². The molecule has 150 valence electrons. The van der Waals surface area contributed by atoms with Gasteiger partial charge in [0.25, 0.3) is 5.91 Å². The fourth-order valence-corrected chi connectivity index (χ4v) is 3.12. The summed E-state index contributed by atoms with van der Waals surface area (Å²) in [5, 5.41) is 0.632. The lowest BCUT2D eigenvalue weighted by Crippen LogP contribution is -2.15. The SMILES string of the molecule is Cc1cnc(C(C)(C)C#Cc2cccc(-c3nc(C(N)=O)c4ccn(C)c4n3)c2)o1. The summed E-state index contributed by atoms with van der Waals surface area (Å²) in [4.78, 5) is 25.2. The second kappa shape index (κ2) is 7.16. The lowest BCUT2D eigenvalue weighted by atomic mass is 9.94. The lowest BCUT2D eigenvalue weighted by Gasteiger charge is -2.12. The van der Waals surface area contributed by atoms with Gasteiger partial charge in [0.2, 0.25) is 5.89 Å². The molecule has 0 spiro atoms. The molecule has 4 aromatic rings. The molecular weight excluding hydrogens is 378 g/mol. The number of nitrogens with two attached hydrogens (primary N) is 1. The first-order chi connectivity index (χ1) is 14.2. The Morgan fingerprint density at radius 1 is 1.23 bits per heavy atom. The summed E-state index contributed by atoms with van der Waals surface area (Å²) in [7, 11) is 1.86. The van der Waals surface area contributed by atoms with Crippen molar-refractivity contribution in [2.75, 3.05) is 0 Å². The van der Waals surface area contributed by atoms with Gasteiger partial charge < -0.3 is 14.7 Å². The molecule has 2 N–H and O–H groups in total. The third-order valence-corrected chi connectivity index (χ3v) is 4.75. The summed E-state index contributed by atoms with van der Waals surface area (Å²) in [5.74, 6) is 7.56. The van der Waals surface area contributed by atoms with Gasteiger partial charge in [0.05, 0.1) is 11.6 Å². The van der Waals surface area contributed by atoms with E-state index in [1.807, 2.05) is 62.8 Å². The molecule has 0 aliphatic heterocycles. The van der Waals surface area contributed by atoms with E-state index in [9.17, 15) is 4.79 Å². The van der Waals surface area contributed by atoms with E-state index < -0.39 is 11.3 Å². The summed E-state index contributed by atoms with van der Waals surface area (Å²) in [6.07, 6.45) is 3.51. The highest BCUT2D eigenvalue weighted by Crippen LogP contribution is 2.24. The molecule has 4 rings (SSSR count). The van der Waals surface area contributed by atoms with Crippen molar-refractivity contribution in [3.05, 3.63) is 65.6 Å². The number of carbonyl (C=O) groups excluding carboxylic acids is 1. The van der Waals surface area contributed by atoms with E-state index in [1.54, 1.807) is 12.3 Å². The minimum Gasteiger partial charge on any atom is -0.444 e. The topological polar surface area (TPSA) is 99.8 Å². The van der Waals surface area contributed by atoms with Gasteiger partial charge in [-0.1, -0.05) is 24.0 Å². The fourth-order valence-electron chi connectivity index (χ4n) is 3.12. The molecule has 0 bridgehead atoms. The predicted octanol–water partition coefficient (Wildman–Crippen LogP) is 3.36. The number of hydrogen-bond donors (Lipinski definition) is 1. The Balaban J connectivity index is 1.75. The summed E-state index contributed by atoms with van der Waals surface area (Å²) < 4.78 is 7.46. The second-order valence-corrected chi connectivity index (χ2v) is 7.66. The Bertz CT molecular complexity index is 1330. The number of aromatic nitrogens is 4. The van der Waals surface area contributed by atoms with Crippen LogP contribution >= 0.6 is 0 Å². The number of benzene rings is 1. The monoisotopic (exact) mass is 399 g/mol. The van der Waals surface area contributed by atoms with E-state index >= 15 is 0 Å². The molecule has 0 saturated carbocycles. The number of nitrogens with zero attached hydrogens (tertiary/aromatic N) is 4. The first-order valence-electron chi connectivity index (χ1n) is 9.44. The molecule has 3 aromatic heterocycles. The summed E-state index contributed by atoms with van der Waals surface area (Å²) in [6, 6.07) is 9.34. The molecule has 0 aliphatic rings. The molecule has 0 aliphatic carbocycles. The van der Waals surface area contributed by atoms with Crippen LogP contribution in [0, 0.1) is 18.8 Å². The Morgan fingerprint density at radius 2 is 2.03 bits per heavy atom.